The Morgan fingerprint density at radius 3 is 2.03 bits per heavy atom. The quantitative estimate of drug-likeness (QED) is 0.133. The van der Waals surface area contributed by atoms with E-state index in [2.05, 4.69) is 39.8 Å². The second-order valence-electron chi connectivity index (χ2n) is 10.2. The first-order valence-corrected chi connectivity index (χ1v) is 13.4. The van der Waals surface area contributed by atoms with Gasteiger partial charge in [-0.1, -0.05) is 97.6 Å². The molecule has 30 heavy (non-hydrogen) atoms. The molecule has 0 bridgehead atoms. The molecule has 1 fully saturated rings. The van der Waals surface area contributed by atoms with E-state index in [9.17, 15) is 4.79 Å². The minimum atomic E-state index is 0.0392. The molecule has 0 unspecified atom stereocenters. The molecular weight excluding hydrogens is 368 g/mol. The Balaban J connectivity index is 1.96. The van der Waals surface area contributed by atoms with E-state index < -0.39 is 0 Å². The Kier molecular flexibility index (Phi) is 16.2. The van der Waals surface area contributed by atoms with Gasteiger partial charge in [-0.3, -0.25) is 4.79 Å². The van der Waals surface area contributed by atoms with Crippen LogP contribution in [0.15, 0.2) is 12.2 Å². The average molecular weight is 421 g/mol. The molecule has 2 nitrogen and oxygen atoms in total. The molecule has 0 N–H and O–H groups in total. The fraction of sp³-hybridized carbons (Fsp3) is 0.893. The molecule has 1 saturated carbocycles. The highest BCUT2D eigenvalue weighted by molar-refractivity contribution is 5.69. The van der Waals surface area contributed by atoms with Gasteiger partial charge in [0, 0.05) is 6.42 Å². The number of unbranched alkanes of at least 4 members (excludes halogenated alkanes) is 11. The molecule has 0 spiro atoms. The van der Waals surface area contributed by atoms with E-state index in [1.165, 1.54) is 83.5 Å². The molecular formula is C28H52O2. The Bertz CT molecular complexity index is 440. The van der Waals surface area contributed by atoms with Crippen molar-refractivity contribution in [3.8, 4) is 0 Å². The maximum Gasteiger partial charge on any atom is 0.306 e. The second-order valence-corrected chi connectivity index (χ2v) is 10.2. The lowest BCUT2D eigenvalue weighted by atomic mass is 9.75. The van der Waals surface area contributed by atoms with Crippen molar-refractivity contribution in [2.24, 2.45) is 17.8 Å². The van der Waals surface area contributed by atoms with Crippen LogP contribution in [0.3, 0.4) is 0 Å². The van der Waals surface area contributed by atoms with Gasteiger partial charge in [-0.15, -0.1) is 0 Å². The summed E-state index contributed by atoms with van der Waals surface area (Å²) in [7, 11) is 0. The smallest absolute Gasteiger partial charge is 0.306 e. The Morgan fingerprint density at radius 1 is 0.867 bits per heavy atom. The van der Waals surface area contributed by atoms with Gasteiger partial charge in [0.25, 0.3) is 0 Å². The number of allylic oxidation sites excluding steroid dienone is 2. The van der Waals surface area contributed by atoms with Crippen LogP contribution < -0.4 is 0 Å². The third kappa shape index (κ3) is 13.5. The van der Waals surface area contributed by atoms with Crippen LogP contribution in [0, 0.1) is 17.8 Å². The third-order valence-electron chi connectivity index (χ3n) is 6.89. The SMILES string of the molecule is CCCCCCCC/C=C\CCCCCCCC(=O)O[C@H]1C[C@@H](C)CC[C@@H]1C(C)C. The molecule has 1 aliphatic rings. The zero-order valence-corrected chi connectivity index (χ0v) is 20.8. The monoisotopic (exact) mass is 420 g/mol. The molecule has 0 aliphatic heterocycles. The number of carbonyl (C=O) groups is 1. The lowest BCUT2D eigenvalue weighted by molar-refractivity contribution is -0.156. The molecule has 1 aliphatic carbocycles. The summed E-state index contributed by atoms with van der Waals surface area (Å²) < 4.78 is 5.91. The Hall–Kier alpha value is -0.790. The van der Waals surface area contributed by atoms with Crippen LogP contribution in [0.25, 0.3) is 0 Å². The molecule has 0 heterocycles. The summed E-state index contributed by atoms with van der Waals surface area (Å²) in [5.74, 6) is 1.89. The molecule has 0 aromatic rings. The van der Waals surface area contributed by atoms with E-state index in [0.29, 0.717) is 24.2 Å². The summed E-state index contributed by atoms with van der Waals surface area (Å²) in [4.78, 5) is 12.3. The van der Waals surface area contributed by atoms with Crippen molar-refractivity contribution < 1.29 is 9.53 Å². The summed E-state index contributed by atoms with van der Waals surface area (Å²) in [6.07, 6.45) is 25.8. The van der Waals surface area contributed by atoms with Gasteiger partial charge in [0.05, 0.1) is 0 Å². The maximum atomic E-state index is 12.3. The van der Waals surface area contributed by atoms with Crippen molar-refractivity contribution in [3.05, 3.63) is 12.2 Å². The van der Waals surface area contributed by atoms with Crippen molar-refractivity contribution in [1.29, 1.82) is 0 Å². The van der Waals surface area contributed by atoms with Gasteiger partial charge >= 0.3 is 5.97 Å². The fourth-order valence-electron chi connectivity index (χ4n) is 4.82. The average Bonchev–Trinajstić information content (AvgIpc) is 2.70. The molecule has 3 atom stereocenters. The van der Waals surface area contributed by atoms with E-state index >= 15 is 0 Å². The van der Waals surface area contributed by atoms with E-state index in [0.717, 1.165) is 19.3 Å². The van der Waals surface area contributed by atoms with Crippen LogP contribution >= 0.6 is 0 Å². The summed E-state index contributed by atoms with van der Waals surface area (Å²) in [6, 6.07) is 0. The maximum absolute atomic E-state index is 12.3. The molecule has 0 saturated heterocycles. The topological polar surface area (TPSA) is 26.3 Å². The van der Waals surface area contributed by atoms with Crippen molar-refractivity contribution in [3.63, 3.8) is 0 Å². The first-order chi connectivity index (χ1) is 14.5. The van der Waals surface area contributed by atoms with E-state index in [-0.39, 0.29) is 12.1 Å². The number of ether oxygens (including phenoxy) is 1. The van der Waals surface area contributed by atoms with Gasteiger partial charge in [0.2, 0.25) is 0 Å². The molecule has 0 radical (unpaired) electrons. The molecule has 176 valence electrons. The van der Waals surface area contributed by atoms with Crippen LogP contribution in [-0.4, -0.2) is 12.1 Å². The van der Waals surface area contributed by atoms with E-state index in [1.54, 1.807) is 0 Å². The van der Waals surface area contributed by atoms with Crippen molar-refractivity contribution in [1.82, 2.24) is 0 Å². The van der Waals surface area contributed by atoms with Gasteiger partial charge in [-0.2, -0.15) is 0 Å². The van der Waals surface area contributed by atoms with Crippen LogP contribution in [0.1, 0.15) is 137 Å². The van der Waals surface area contributed by atoms with Crippen LogP contribution in [0.4, 0.5) is 0 Å². The van der Waals surface area contributed by atoms with Crippen molar-refractivity contribution in [2.75, 3.05) is 0 Å². The number of hydrogen-bond acceptors (Lipinski definition) is 2. The van der Waals surface area contributed by atoms with Crippen LogP contribution in [0.2, 0.25) is 0 Å². The second kappa shape index (κ2) is 17.8. The first-order valence-electron chi connectivity index (χ1n) is 13.4. The summed E-state index contributed by atoms with van der Waals surface area (Å²) in [5.41, 5.74) is 0. The largest absolute Gasteiger partial charge is 0.462 e. The molecule has 1 rings (SSSR count). The fourth-order valence-corrected chi connectivity index (χ4v) is 4.82. The van der Waals surface area contributed by atoms with Gasteiger partial charge in [0.15, 0.2) is 0 Å². The number of esters is 1. The highest BCUT2D eigenvalue weighted by Gasteiger charge is 2.33. The van der Waals surface area contributed by atoms with E-state index in [1.807, 2.05) is 0 Å². The Morgan fingerprint density at radius 2 is 1.43 bits per heavy atom. The van der Waals surface area contributed by atoms with Gasteiger partial charge < -0.3 is 4.74 Å². The summed E-state index contributed by atoms with van der Waals surface area (Å²) in [5, 5.41) is 0. The normalized spacial score (nSPS) is 22.1. The van der Waals surface area contributed by atoms with Crippen LogP contribution in [-0.2, 0) is 9.53 Å². The lowest BCUT2D eigenvalue weighted by Crippen LogP contribution is -2.35. The molecule has 0 aromatic heterocycles. The zero-order valence-electron chi connectivity index (χ0n) is 20.8. The molecule has 0 amide bonds. The van der Waals surface area contributed by atoms with Gasteiger partial charge in [-0.25, -0.2) is 0 Å². The minimum absolute atomic E-state index is 0.0392. The minimum Gasteiger partial charge on any atom is -0.462 e. The van der Waals surface area contributed by atoms with Crippen molar-refractivity contribution in [2.45, 2.75) is 143 Å². The third-order valence-corrected chi connectivity index (χ3v) is 6.89. The number of rotatable bonds is 17. The van der Waals surface area contributed by atoms with E-state index in [4.69, 9.17) is 4.74 Å². The van der Waals surface area contributed by atoms with Crippen LogP contribution in [0.5, 0.6) is 0 Å². The first kappa shape index (κ1) is 27.2. The zero-order chi connectivity index (χ0) is 22.0. The highest BCUT2D eigenvalue weighted by Crippen LogP contribution is 2.35. The lowest BCUT2D eigenvalue weighted by Gasteiger charge is -2.36. The number of carbonyl (C=O) groups excluding carboxylic acids is 1. The van der Waals surface area contributed by atoms with Gasteiger partial charge in [-0.05, 0) is 62.7 Å². The highest BCUT2D eigenvalue weighted by atomic mass is 16.5. The predicted octanol–water partition coefficient (Wildman–Crippen LogP) is 9.03. The van der Waals surface area contributed by atoms with Gasteiger partial charge in [0.1, 0.15) is 6.10 Å². The predicted molar refractivity (Wildman–Crippen MR) is 131 cm³/mol. The standard InChI is InChI=1S/C28H52O2/c1-5-6-7-8-9-10-11-12-13-14-15-16-17-18-19-20-28(29)30-27-23-25(4)21-22-26(27)24(2)3/h12-13,24-27H,5-11,14-23H2,1-4H3/b13-12-/t25-,26+,27-/m0/s1. The molecule has 0 aromatic carbocycles. The summed E-state index contributed by atoms with van der Waals surface area (Å²) in [6.45, 7) is 9.11. The Labute approximate surface area is 188 Å². The molecule has 2 heteroatoms. The number of hydrogen-bond donors (Lipinski definition) is 0. The van der Waals surface area contributed by atoms with Crippen molar-refractivity contribution >= 4 is 5.97 Å². The summed E-state index contributed by atoms with van der Waals surface area (Å²) >= 11 is 0.